The lowest BCUT2D eigenvalue weighted by Gasteiger charge is -2.34. The molecule has 138 valence electrons. The van der Waals surface area contributed by atoms with Crippen LogP contribution in [0.15, 0.2) is 42.5 Å². The Labute approximate surface area is 163 Å². The Hall–Kier alpha value is -1.95. The van der Waals surface area contributed by atoms with E-state index in [1.165, 1.54) is 5.69 Å². The number of carbonyl (C=O) groups is 1. The van der Waals surface area contributed by atoms with Crippen molar-refractivity contribution in [2.75, 3.05) is 55.3 Å². The number of benzene rings is 2. The first kappa shape index (κ1) is 18.8. The first-order valence-corrected chi connectivity index (χ1v) is 9.30. The van der Waals surface area contributed by atoms with E-state index in [1.807, 2.05) is 12.1 Å². The molecule has 0 radical (unpaired) electrons. The van der Waals surface area contributed by atoms with Gasteiger partial charge in [0.25, 0.3) is 0 Å². The van der Waals surface area contributed by atoms with Crippen LogP contribution in [-0.2, 0) is 4.79 Å². The Balaban J connectivity index is 1.51. The number of amides is 1. The van der Waals surface area contributed by atoms with Crippen molar-refractivity contribution in [2.24, 2.45) is 0 Å². The van der Waals surface area contributed by atoms with Crippen LogP contribution in [0.4, 0.5) is 17.1 Å². The molecule has 1 fully saturated rings. The summed E-state index contributed by atoms with van der Waals surface area (Å²) in [6, 6.07) is 13.3. The first-order valence-electron chi connectivity index (χ1n) is 8.54. The highest BCUT2D eigenvalue weighted by Crippen LogP contribution is 2.29. The molecule has 0 spiro atoms. The lowest BCUT2D eigenvalue weighted by molar-refractivity contribution is -0.114. The van der Waals surface area contributed by atoms with Gasteiger partial charge in [0.2, 0.25) is 5.91 Å². The fraction of sp³-hybridized carbons (Fsp3) is 0.316. The highest BCUT2D eigenvalue weighted by molar-refractivity contribution is 6.44. The predicted molar refractivity (Wildman–Crippen MR) is 110 cm³/mol. The van der Waals surface area contributed by atoms with Crippen molar-refractivity contribution >= 4 is 46.2 Å². The van der Waals surface area contributed by atoms with E-state index in [4.69, 9.17) is 23.2 Å². The largest absolute Gasteiger partial charge is 0.376 e. The van der Waals surface area contributed by atoms with Crippen molar-refractivity contribution in [1.29, 1.82) is 0 Å². The zero-order valence-electron chi connectivity index (χ0n) is 14.6. The van der Waals surface area contributed by atoms with E-state index < -0.39 is 0 Å². The van der Waals surface area contributed by atoms with Crippen LogP contribution in [0, 0.1) is 0 Å². The van der Waals surface area contributed by atoms with E-state index >= 15 is 0 Å². The van der Waals surface area contributed by atoms with Gasteiger partial charge in [0.15, 0.2) is 0 Å². The summed E-state index contributed by atoms with van der Waals surface area (Å²) < 4.78 is 0. The topological polar surface area (TPSA) is 47.6 Å². The summed E-state index contributed by atoms with van der Waals surface area (Å²) >= 11 is 12.0. The van der Waals surface area contributed by atoms with E-state index in [0.29, 0.717) is 15.7 Å². The minimum absolute atomic E-state index is 0.150. The summed E-state index contributed by atoms with van der Waals surface area (Å²) in [7, 11) is 2.14. The lowest BCUT2D eigenvalue weighted by Crippen LogP contribution is -2.44. The summed E-state index contributed by atoms with van der Waals surface area (Å²) in [5, 5.41) is 6.64. The standard InChI is InChI=1S/C19H22Cl2N4O/c1-24-9-11-25(12-10-24)15-7-5-14(6-8-15)22-13-18(26)23-17-4-2-3-16(20)19(17)21/h2-8,22H,9-13H2,1H3,(H,23,26). The third kappa shape index (κ3) is 4.81. The van der Waals surface area contributed by atoms with Gasteiger partial charge in [-0.1, -0.05) is 29.3 Å². The average Bonchev–Trinajstić information content (AvgIpc) is 2.65. The number of hydrogen-bond acceptors (Lipinski definition) is 4. The summed E-state index contributed by atoms with van der Waals surface area (Å²) in [6.45, 7) is 4.37. The second-order valence-electron chi connectivity index (χ2n) is 6.34. The molecule has 0 aliphatic carbocycles. The normalized spacial score (nSPS) is 15.0. The highest BCUT2D eigenvalue weighted by atomic mass is 35.5. The molecule has 7 heteroatoms. The number of likely N-dealkylation sites (N-methyl/N-ethyl adjacent to an activating group) is 1. The van der Waals surface area contributed by atoms with Crippen LogP contribution in [0.3, 0.4) is 0 Å². The second kappa shape index (κ2) is 8.62. The van der Waals surface area contributed by atoms with E-state index in [0.717, 1.165) is 31.9 Å². The van der Waals surface area contributed by atoms with Crippen LogP contribution in [-0.4, -0.2) is 50.6 Å². The number of halogens is 2. The van der Waals surface area contributed by atoms with Crippen LogP contribution in [0.25, 0.3) is 0 Å². The number of rotatable bonds is 5. The Morgan fingerprint density at radius 2 is 1.73 bits per heavy atom. The molecule has 0 bridgehead atoms. The zero-order chi connectivity index (χ0) is 18.5. The summed E-state index contributed by atoms with van der Waals surface area (Å²) in [5.41, 5.74) is 2.62. The molecule has 2 aromatic carbocycles. The first-order chi connectivity index (χ1) is 12.5. The van der Waals surface area contributed by atoms with Crippen molar-refractivity contribution in [3.05, 3.63) is 52.5 Å². The molecule has 1 saturated heterocycles. The third-order valence-corrected chi connectivity index (χ3v) is 5.23. The maximum atomic E-state index is 12.1. The minimum Gasteiger partial charge on any atom is -0.376 e. The summed E-state index contributed by atoms with van der Waals surface area (Å²) in [6.07, 6.45) is 0. The predicted octanol–water partition coefficient (Wildman–Crippen LogP) is 3.80. The molecule has 5 nitrogen and oxygen atoms in total. The Morgan fingerprint density at radius 3 is 2.42 bits per heavy atom. The molecule has 0 unspecified atom stereocenters. The molecular weight excluding hydrogens is 371 g/mol. The van der Waals surface area contributed by atoms with Gasteiger partial charge in [0.1, 0.15) is 0 Å². The van der Waals surface area contributed by atoms with Gasteiger partial charge in [-0.3, -0.25) is 4.79 Å². The van der Waals surface area contributed by atoms with Crippen molar-refractivity contribution < 1.29 is 4.79 Å². The molecule has 1 amide bonds. The zero-order valence-corrected chi connectivity index (χ0v) is 16.1. The van der Waals surface area contributed by atoms with Gasteiger partial charge in [0.05, 0.1) is 22.3 Å². The van der Waals surface area contributed by atoms with Crippen molar-refractivity contribution in [1.82, 2.24) is 4.90 Å². The quantitative estimate of drug-likeness (QED) is 0.812. The van der Waals surface area contributed by atoms with E-state index in [-0.39, 0.29) is 12.5 Å². The molecule has 0 saturated carbocycles. The van der Waals surface area contributed by atoms with Gasteiger partial charge in [-0.15, -0.1) is 0 Å². The highest BCUT2D eigenvalue weighted by Gasteiger charge is 2.14. The molecule has 2 N–H and O–H groups in total. The molecule has 1 aliphatic rings. The number of piperazine rings is 1. The van der Waals surface area contributed by atoms with Gasteiger partial charge < -0.3 is 20.4 Å². The molecular formula is C19H22Cl2N4O. The smallest absolute Gasteiger partial charge is 0.243 e. The fourth-order valence-corrected chi connectivity index (χ4v) is 3.18. The molecule has 3 rings (SSSR count). The number of nitrogens with one attached hydrogen (secondary N) is 2. The van der Waals surface area contributed by atoms with Crippen LogP contribution >= 0.6 is 23.2 Å². The van der Waals surface area contributed by atoms with Crippen LogP contribution in [0.1, 0.15) is 0 Å². The summed E-state index contributed by atoms with van der Waals surface area (Å²) in [4.78, 5) is 16.8. The van der Waals surface area contributed by atoms with Crippen LogP contribution in [0.5, 0.6) is 0 Å². The van der Waals surface area contributed by atoms with Crippen LogP contribution in [0.2, 0.25) is 10.0 Å². The number of carbonyl (C=O) groups excluding carboxylic acids is 1. The van der Waals surface area contributed by atoms with E-state index in [1.54, 1.807) is 18.2 Å². The molecule has 0 atom stereocenters. The van der Waals surface area contributed by atoms with Crippen molar-refractivity contribution in [3.8, 4) is 0 Å². The molecule has 0 aromatic heterocycles. The van der Waals surface area contributed by atoms with Gasteiger partial charge in [-0.2, -0.15) is 0 Å². The van der Waals surface area contributed by atoms with Crippen LogP contribution < -0.4 is 15.5 Å². The number of anilines is 3. The van der Waals surface area contributed by atoms with Crippen molar-refractivity contribution in [3.63, 3.8) is 0 Å². The minimum atomic E-state index is -0.183. The second-order valence-corrected chi connectivity index (χ2v) is 7.13. The van der Waals surface area contributed by atoms with Gasteiger partial charge in [0, 0.05) is 37.6 Å². The molecule has 26 heavy (non-hydrogen) atoms. The van der Waals surface area contributed by atoms with Gasteiger partial charge >= 0.3 is 0 Å². The maximum Gasteiger partial charge on any atom is 0.243 e. The summed E-state index contributed by atoms with van der Waals surface area (Å²) in [5.74, 6) is -0.183. The monoisotopic (exact) mass is 392 g/mol. The molecule has 1 heterocycles. The van der Waals surface area contributed by atoms with E-state index in [9.17, 15) is 4.79 Å². The van der Waals surface area contributed by atoms with Gasteiger partial charge in [-0.25, -0.2) is 0 Å². The SMILES string of the molecule is CN1CCN(c2ccc(NCC(=O)Nc3cccc(Cl)c3Cl)cc2)CC1. The maximum absolute atomic E-state index is 12.1. The van der Waals surface area contributed by atoms with Crippen molar-refractivity contribution in [2.45, 2.75) is 0 Å². The Morgan fingerprint density at radius 1 is 1.04 bits per heavy atom. The Bertz CT molecular complexity index is 759. The number of hydrogen-bond donors (Lipinski definition) is 2. The van der Waals surface area contributed by atoms with Gasteiger partial charge in [-0.05, 0) is 43.4 Å². The Kier molecular flexibility index (Phi) is 6.25. The molecule has 1 aliphatic heterocycles. The average molecular weight is 393 g/mol. The third-order valence-electron chi connectivity index (χ3n) is 4.41. The molecule has 2 aromatic rings. The number of nitrogens with zero attached hydrogens (tertiary/aromatic N) is 2. The fourth-order valence-electron chi connectivity index (χ4n) is 2.83. The van der Waals surface area contributed by atoms with E-state index in [2.05, 4.69) is 39.6 Å². The lowest BCUT2D eigenvalue weighted by atomic mass is 10.2.